The van der Waals surface area contributed by atoms with Crippen molar-refractivity contribution in [2.75, 3.05) is 6.61 Å². The normalized spacial score (nSPS) is 24.4. The van der Waals surface area contributed by atoms with E-state index in [4.69, 9.17) is 14.4 Å². The molecule has 0 spiro atoms. The monoisotopic (exact) mass is 732 g/mol. The minimum absolute atomic E-state index is 0.352. The Hall–Kier alpha value is -0.590. The molecule has 2 aromatic rings. The van der Waals surface area contributed by atoms with E-state index < -0.39 is 8.32 Å². The number of halogens is 2. The second kappa shape index (κ2) is 18.2. The van der Waals surface area contributed by atoms with Gasteiger partial charge in [-0.1, -0.05) is 86.3 Å². The summed E-state index contributed by atoms with van der Waals surface area (Å²) >= 11 is 6.00. The van der Waals surface area contributed by atoms with Crippen molar-refractivity contribution >= 4 is 48.2 Å². The first-order chi connectivity index (χ1) is 19.3. The molecule has 2 fully saturated rings. The second-order valence-electron chi connectivity index (χ2n) is 12.1. The fourth-order valence-electron chi connectivity index (χ4n) is 6.19. The summed E-state index contributed by atoms with van der Waals surface area (Å²) in [5, 5.41) is 0. The molecule has 40 heavy (non-hydrogen) atoms. The molecule has 0 heterocycles. The Morgan fingerprint density at radius 2 is 1.23 bits per heavy atom. The summed E-state index contributed by atoms with van der Waals surface area (Å²) in [6.45, 7) is 9.87. The Bertz CT molecular complexity index is 1050. The summed E-state index contributed by atoms with van der Waals surface area (Å²) in [5.41, 5.74) is 5.29. The van der Waals surface area contributed by atoms with Gasteiger partial charge in [-0.2, -0.15) is 0 Å². The molecule has 4 rings (SSSR count). The van der Waals surface area contributed by atoms with E-state index in [2.05, 4.69) is 116 Å². The van der Waals surface area contributed by atoms with E-state index in [1.165, 1.54) is 84.8 Å². The summed E-state index contributed by atoms with van der Waals surface area (Å²) < 4.78 is 6.21. The molecule has 2 saturated carbocycles. The summed E-state index contributed by atoms with van der Waals surface area (Å²) in [4.78, 5) is 11.0. The molecule has 3 nitrogen and oxygen atoms in total. The molecule has 7 heteroatoms. The molecule has 2 aliphatic carbocycles. The van der Waals surface area contributed by atoms with Crippen molar-refractivity contribution in [1.29, 1.82) is 0 Å². The van der Waals surface area contributed by atoms with E-state index in [1.54, 1.807) is 0 Å². The van der Waals surface area contributed by atoms with Gasteiger partial charge in [0, 0.05) is 18.4 Å². The van der Waals surface area contributed by atoms with E-state index in [-0.39, 0.29) is 0 Å². The zero-order valence-corrected chi connectivity index (χ0v) is 29.9. The molecule has 0 bridgehead atoms. The Morgan fingerprint density at radius 1 is 0.775 bits per heavy atom. The van der Waals surface area contributed by atoms with Gasteiger partial charge in [-0.05, 0) is 76.2 Å². The van der Waals surface area contributed by atoms with E-state index in [1.807, 2.05) is 0 Å². The van der Waals surface area contributed by atoms with Crippen LogP contribution in [0.3, 0.4) is 0 Å². The van der Waals surface area contributed by atoms with Crippen LogP contribution in [0.25, 0.3) is 0 Å². The van der Waals surface area contributed by atoms with Crippen molar-refractivity contribution in [2.45, 2.75) is 115 Å². The number of hydrogen-bond acceptors (Lipinski definition) is 3. The molecule has 2 aromatic carbocycles. The van der Waals surface area contributed by atoms with Crippen LogP contribution in [0.15, 0.2) is 70.6 Å². The van der Waals surface area contributed by atoms with Gasteiger partial charge in [0.15, 0.2) is 8.32 Å². The molecule has 0 amide bonds. The summed E-state index contributed by atoms with van der Waals surface area (Å²) in [6.07, 6.45) is 12.0. The third kappa shape index (κ3) is 11.6. The van der Waals surface area contributed by atoms with Gasteiger partial charge in [-0.15, -0.1) is 0 Å². The molecule has 0 saturated heterocycles. The standard InChI is InChI=1S/C33H48N2OSi.2BrH.Ni/c1-26(34-32-22-13-11-20-29(32)27-16-7-5-8-17-27)31(24-15-25-36-37(2,3)4)35-33-23-14-12-21-30(33)28-18-9-6-10-19-28;;;/h5-10,16-19,29-30,32-33H,11-15,20-25H2,1-4H3;2*1H;/q;;;+2/p-2. The third-order valence-electron chi connectivity index (χ3n) is 8.11. The van der Waals surface area contributed by atoms with Gasteiger partial charge in [0.05, 0.1) is 23.5 Å². The molecule has 4 unspecified atom stereocenters. The molecule has 0 aliphatic heterocycles. The van der Waals surface area contributed by atoms with Crippen molar-refractivity contribution in [2.24, 2.45) is 9.98 Å². The van der Waals surface area contributed by atoms with Gasteiger partial charge in [0.1, 0.15) is 0 Å². The third-order valence-corrected chi connectivity index (χ3v) is 9.18. The Labute approximate surface area is 265 Å². The van der Waals surface area contributed by atoms with Gasteiger partial charge in [0.2, 0.25) is 0 Å². The van der Waals surface area contributed by atoms with Gasteiger partial charge < -0.3 is 4.43 Å². The maximum atomic E-state index is 6.21. The van der Waals surface area contributed by atoms with E-state index in [0.29, 0.717) is 23.9 Å². The topological polar surface area (TPSA) is 34.0 Å². The van der Waals surface area contributed by atoms with Crippen molar-refractivity contribution in [3.8, 4) is 0 Å². The van der Waals surface area contributed by atoms with Crippen LogP contribution in [0.4, 0.5) is 0 Å². The van der Waals surface area contributed by atoms with Crippen molar-refractivity contribution < 1.29 is 15.3 Å². The van der Waals surface area contributed by atoms with Gasteiger partial charge in [-0.25, -0.2) is 0 Å². The first-order valence-electron chi connectivity index (χ1n) is 15.0. The summed E-state index contributed by atoms with van der Waals surface area (Å²) in [5.74, 6) is 1.04. The number of nitrogens with zero attached hydrogens (tertiary/aromatic N) is 2. The fraction of sp³-hybridized carbons (Fsp3) is 0.576. The molecule has 2 aliphatic rings. The zero-order chi connectivity index (χ0) is 28.8. The summed E-state index contributed by atoms with van der Waals surface area (Å²) in [6, 6.07) is 22.9. The Morgan fingerprint density at radius 3 is 1.70 bits per heavy atom. The van der Waals surface area contributed by atoms with Gasteiger partial charge in [-0.3, -0.25) is 9.98 Å². The molecule has 0 aromatic heterocycles. The predicted molar refractivity (Wildman–Crippen MR) is 180 cm³/mol. The van der Waals surface area contributed by atoms with Gasteiger partial charge >= 0.3 is 39.3 Å². The Balaban J connectivity index is 0.00000141. The van der Waals surface area contributed by atoms with E-state index >= 15 is 0 Å². The molecule has 0 radical (unpaired) electrons. The second-order valence-corrected chi connectivity index (χ2v) is 21.6. The van der Waals surface area contributed by atoms with Crippen LogP contribution in [0.5, 0.6) is 0 Å². The van der Waals surface area contributed by atoms with Crippen LogP contribution in [-0.4, -0.2) is 38.4 Å². The first-order valence-corrected chi connectivity index (χ1v) is 23.3. The average Bonchev–Trinajstić information content (AvgIpc) is 2.96. The van der Waals surface area contributed by atoms with E-state index in [9.17, 15) is 0 Å². The molecular weight excluding hydrogens is 687 g/mol. The van der Waals surface area contributed by atoms with E-state index in [0.717, 1.165) is 19.4 Å². The SMILES string of the molecule is CC(=NC1CCCCC1c1ccccc1)C(CCCO[Si](C)(C)C)=NC1CCCCC1c1ccccc1.[Br][Ni][Br]. The van der Waals surface area contributed by atoms with Crippen LogP contribution in [0.2, 0.25) is 19.6 Å². The van der Waals surface area contributed by atoms with Crippen LogP contribution in [-0.2, 0) is 15.3 Å². The van der Waals surface area contributed by atoms with Crippen LogP contribution < -0.4 is 0 Å². The average molecular weight is 735 g/mol. The van der Waals surface area contributed by atoms with Crippen LogP contribution in [0, 0.1) is 0 Å². The maximum absolute atomic E-state index is 6.21. The quantitative estimate of drug-likeness (QED) is 0.136. The minimum atomic E-state index is -1.51. The van der Waals surface area contributed by atoms with Crippen molar-refractivity contribution in [3.05, 3.63) is 71.8 Å². The number of benzene rings is 2. The molecule has 0 N–H and O–H groups in total. The first kappa shape index (κ1) is 33.9. The van der Waals surface area contributed by atoms with Crippen LogP contribution >= 0.6 is 28.5 Å². The molecular formula is C33H48Br2N2NiOSi. The summed E-state index contributed by atoms with van der Waals surface area (Å²) in [7, 11) is -0.256. The Kier molecular flexibility index (Phi) is 15.4. The predicted octanol–water partition coefficient (Wildman–Crippen LogP) is 10.7. The number of aliphatic imine (C=N–C) groups is 2. The van der Waals surface area contributed by atoms with Crippen molar-refractivity contribution in [1.82, 2.24) is 0 Å². The van der Waals surface area contributed by atoms with Crippen LogP contribution in [0.1, 0.15) is 94.1 Å². The molecule has 224 valence electrons. The number of hydrogen-bond donors (Lipinski definition) is 0. The number of rotatable bonds is 10. The fourth-order valence-corrected chi connectivity index (χ4v) is 6.95. The van der Waals surface area contributed by atoms with Gasteiger partial charge in [0.25, 0.3) is 0 Å². The zero-order valence-electron chi connectivity index (χ0n) is 24.7. The molecule has 4 atom stereocenters. The van der Waals surface area contributed by atoms with Crippen molar-refractivity contribution in [3.63, 3.8) is 0 Å².